The lowest BCUT2D eigenvalue weighted by molar-refractivity contribution is -0.122. The van der Waals surface area contributed by atoms with Crippen molar-refractivity contribution >= 4 is 5.91 Å². The molecule has 0 saturated heterocycles. The van der Waals surface area contributed by atoms with Crippen LogP contribution in [0.3, 0.4) is 0 Å². The molecule has 94 valence electrons. The van der Waals surface area contributed by atoms with Gasteiger partial charge in [0.2, 0.25) is 5.91 Å². The van der Waals surface area contributed by atoms with Crippen LogP contribution in [0.15, 0.2) is 24.3 Å². The molecule has 0 aliphatic carbocycles. The molecule has 4 heteroatoms. The van der Waals surface area contributed by atoms with E-state index in [-0.39, 0.29) is 18.6 Å². The van der Waals surface area contributed by atoms with E-state index in [9.17, 15) is 4.79 Å². The monoisotopic (exact) mass is 237 g/mol. The second-order valence-electron chi connectivity index (χ2n) is 3.89. The number of hydrogen-bond acceptors (Lipinski definition) is 3. The van der Waals surface area contributed by atoms with Crippen LogP contribution in [-0.4, -0.2) is 24.7 Å². The number of benzene rings is 1. The predicted octanol–water partition coefficient (Wildman–Crippen LogP) is 1.64. The molecule has 17 heavy (non-hydrogen) atoms. The number of carbonyl (C=O) groups excluding carboxylic acids is 1. The standard InChI is InChI=1S/C13H19NO3/c1-10(14-13(16)4-3-9-15)11-5-7-12(17-2)8-6-11/h5-8,10,15H,3-4,9H2,1-2H3,(H,14,16). The van der Waals surface area contributed by atoms with Crippen LogP contribution in [0.2, 0.25) is 0 Å². The molecule has 1 atom stereocenters. The first-order valence-electron chi connectivity index (χ1n) is 5.71. The second-order valence-corrected chi connectivity index (χ2v) is 3.89. The van der Waals surface area contributed by atoms with Crippen molar-refractivity contribution in [2.24, 2.45) is 0 Å². The highest BCUT2D eigenvalue weighted by molar-refractivity contribution is 5.76. The molecule has 0 aromatic heterocycles. The first-order valence-corrected chi connectivity index (χ1v) is 5.71. The lowest BCUT2D eigenvalue weighted by atomic mass is 10.1. The van der Waals surface area contributed by atoms with Crippen LogP contribution < -0.4 is 10.1 Å². The summed E-state index contributed by atoms with van der Waals surface area (Å²) < 4.78 is 5.07. The molecule has 2 N–H and O–H groups in total. The van der Waals surface area contributed by atoms with Gasteiger partial charge in [-0.05, 0) is 31.0 Å². The minimum Gasteiger partial charge on any atom is -0.497 e. The van der Waals surface area contributed by atoms with Gasteiger partial charge in [0.05, 0.1) is 13.2 Å². The van der Waals surface area contributed by atoms with Crippen LogP contribution >= 0.6 is 0 Å². The smallest absolute Gasteiger partial charge is 0.220 e. The molecule has 1 aromatic carbocycles. The van der Waals surface area contributed by atoms with Gasteiger partial charge >= 0.3 is 0 Å². The molecule has 1 unspecified atom stereocenters. The Morgan fingerprint density at radius 2 is 2.06 bits per heavy atom. The lowest BCUT2D eigenvalue weighted by Crippen LogP contribution is -2.26. The largest absolute Gasteiger partial charge is 0.497 e. The topological polar surface area (TPSA) is 58.6 Å². The zero-order valence-corrected chi connectivity index (χ0v) is 10.3. The average molecular weight is 237 g/mol. The van der Waals surface area contributed by atoms with E-state index in [4.69, 9.17) is 9.84 Å². The Morgan fingerprint density at radius 1 is 1.41 bits per heavy atom. The molecule has 0 bridgehead atoms. The van der Waals surface area contributed by atoms with Crippen molar-refractivity contribution in [3.8, 4) is 5.75 Å². The SMILES string of the molecule is COc1ccc(C(C)NC(=O)CCCO)cc1. The summed E-state index contributed by atoms with van der Waals surface area (Å²) in [5, 5.41) is 11.5. The number of ether oxygens (including phenoxy) is 1. The van der Waals surface area contributed by atoms with Gasteiger partial charge in [-0.1, -0.05) is 12.1 Å². The van der Waals surface area contributed by atoms with Gasteiger partial charge in [0.25, 0.3) is 0 Å². The van der Waals surface area contributed by atoms with Crippen LogP contribution in [-0.2, 0) is 4.79 Å². The first kappa shape index (κ1) is 13.5. The van der Waals surface area contributed by atoms with Gasteiger partial charge in [-0.2, -0.15) is 0 Å². The van der Waals surface area contributed by atoms with Gasteiger partial charge in [-0.3, -0.25) is 4.79 Å². The quantitative estimate of drug-likeness (QED) is 0.791. The Bertz CT molecular complexity index is 348. The van der Waals surface area contributed by atoms with E-state index in [2.05, 4.69) is 5.32 Å². The zero-order valence-electron chi connectivity index (χ0n) is 10.3. The Labute approximate surface area is 102 Å². The highest BCUT2D eigenvalue weighted by Gasteiger charge is 2.08. The Balaban J connectivity index is 2.51. The third-order valence-corrected chi connectivity index (χ3v) is 2.56. The van der Waals surface area contributed by atoms with Gasteiger partial charge in [0.1, 0.15) is 5.75 Å². The highest BCUT2D eigenvalue weighted by Crippen LogP contribution is 2.17. The summed E-state index contributed by atoms with van der Waals surface area (Å²) in [5.74, 6) is 0.759. The van der Waals surface area contributed by atoms with Crippen LogP contribution in [0, 0.1) is 0 Å². The summed E-state index contributed by atoms with van der Waals surface area (Å²) in [4.78, 5) is 11.5. The van der Waals surface area contributed by atoms with Crippen LogP contribution in [0.5, 0.6) is 5.75 Å². The van der Waals surface area contributed by atoms with Crippen LogP contribution in [0.4, 0.5) is 0 Å². The predicted molar refractivity (Wildman–Crippen MR) is 65.9 cm³/mol. The summed E-state index contributed by atoms with van der Waals surface area (Å²) in [5.41, 5.74) is 1.03. The van der Waals surface area contributed by atoms with Crippen LogP contribution in [0.1, 0.15) is 31.4 Å². The molecule has 0 aliphatic rings. The van der Waals surface area contributed by atoms with Gasteiger partial charge in [0, 0.05) is 13.0 Å². The Kier molecular flexibility index (Phi) is 5.49. The molecule has 0 saturated carbocycles. The molecule has 0 radical (unpaired) electrons. The van der Waals surface area contributed by atoms with Crippen molar-refractivity contribution in [2.75, 3.05) is 13.7 Å². The molecule has 1 aromatic rings. The normalized spacial score (nSPS) is 11.9. The van der Waals surface area contributed by atoms with Crippen molar-refractivity contribution in [3.05, 3.63) is 29.8 Å². The summed E-state index contributed by atoms with van der Waals surface area (Å²) in [7, 11) is 1.62. The minimum absolute atomic E-state index is 0.0351. The fourth-order valence-electron chi connectivity index (χ4n) is 1.53. The summed E-state index contributed by atoms with van der Waals surface area (Å²) >= 11 is 0. The highest BCUT2D eigenvalue weighted by atomic mass is 16.5. The number of hydrogen-bond donors (Lipinski definition) is 2. The maximum Gasteiger partial charge on any atom is 0.220 e. The van der Waals surface area contributed by atoms with E-state index in [1.165, 1.54) is 0 Å². The number of nitrogens with one attached hydrogen (secondary N) is 1. The number of carbonyl (C=O) groups is 1. The Hall–Kier alpha value is -1.55. The minimum atomic E-state index is -0.0395. The molecule has 0 aliphatic heterocycles. The summed E-state index contributed by atoms with van der Waals surface area (Å²) in [6.45, 7) is 1.98. The fraction of sp³-hybridized carbons (Fsp3) is 0.462. The van der Waals surface area contributed by atoms with Crippen molar-refractivity contribution in [1.82, 2.24) is 5.32 Å². The van der Waals surface area contributed by atoms with E-state index < -0.39 is 0 Å². The van der Waals surface area contributed by atoms with Crippen molar-refractivity contribution < 1.29 is 14.6 Å². The van der Waals surface area contributed by atoms with Gasteiger partial charge in [-0.25, -0.2) is 0 Å². The van der Waals surface area contributed by atoms with E-state index in [1.54, 1.807) is 7.11 Å². The molecule has 1 amide bonds. The molecule has 0 spiro atoms. The fourth-order valence-corrected chi connectivity index (χ4v) is 1.53. The molecular weight excluding hydrogens is 218 g/mol. The number of amides is 1. The van der Waals surface area contributed by atoms with Gasteiger partial charge in [-0.15, -0.1) is 0 Å². The summed E-state index contributed by atoms with van der Waals surface area (Å²) in [6.07, 6.45) is 0.859. The van der Waals surface area contributed by atoms with E-state index in [0.717, 1.165) is 11.3 Å². The number of aliphatic hydroxyl groups excluding tert-OH is 1. The van der Waals surface area contributed by atoms with E-state index >= 15 is 0 Å². The third-order valence-electron chi connectivity index (χ3n) is 2.56. The maximum absolute atomic E-state index is 11.5. The molecular formula is C13H19NO3. The molecule has 0 heterocycles. The van der Waals surface area contributed by atoms with E-state index in [0.29, 0.717) is 12.8 Å². The molecule has 1 rings (SSSR count). The van der Waals surface area contributed by atoms with Crippen molar-refractivity contribution in [1.29, 1.82) is 0 Å². The van der Waals surface area contributed by atoms with Crippen molar-refractivity contribution in [2.45, 2.75) is 25.8 Å². The van der Waals surface area contributed by atoms with Gasteiger partial charge in [0.15, 0.2) is 0 Å². The van der Waals surface area contributed by atoms with Crippen molar-refractivity contribution in [3.63, 3.8) is 0 Å². The summed E-state index contributed by atoms with van der Waals surface area (Å²) in [6, 6.07) is 7.55. The molecule has 4 nitrogen and oxygen atoms in total. The number of rotatable bonds is 6. The lowest BCUT2D eigenvalue weighted by Gasteiger charge is -2.14. The average Bonchev–Trinajstić information content (AvgIpc) is 2.36. The first-order chi connectivity index (χ1) is 8.17. The maximum atomic E-state index is 11.5. The number of aliphatic hydroxyl groups is 1. The zero-order chi connectivity index (χ0) is 12.7. The third kappa shape index (κ3) is 4.44. The van der Waals surface area contributed by atoms with E-state index in [1.807, 2.05) is 31.2 Å². The van der Waals surface area contributed by atoms with Crippen LogP contribution in [0.25, 0.3) is 0 Å². The number of methoxy groups -OCH3 is 1. The molecule has 0 fully saturated rings. The second kappa shape index (κ2) is 6.91. The Morgan fingerprint density at radius 3 is 2.59 bits per heavy atom. The van der Waals surface area contributed by atoms with Gasteiger partial charge < -0.3 is 15.2 Å².